The van der Waals surface area contributed by atoms with E-state index in [-0.39, 0.29) is 17.4 Å². The molecule has 4 unspecified atom stereocenters. The van der Waals surface area contributed by atoms with Gasteiger partial charge in [0.15, 0.2) is 0 Å². The Bertz CT molecular complexity index is 172. The van der Waals surface area contributed by atoms with Crippen LogP contribution in [0.5, 0.6) is 0 Å². The van der Waals surface area contributed by atoms with Gasteiger partial charge >= 0.3 is 0 Å². The van der Waals surface area contributed by atoms with E-state index in [1.807, 2.05) is 0 Å². The molecule has 4 atom stereocenters. The van der Waals surface area contributed by atoms with Crippen LogP contribution in [0.25, 0.3) is 0 Å². The largest absolute Gasteiger partial charge is 0.392 e. The van der Waals surface area contributed by atoms with Crippen LogP contribution in [0.2, 0.25) is 0 Å². The summed E-state index contributed by atoms with van der Waals surface area (Å²) in [4.78, 5) is 2.22. The molecule has 15 heavy (non-hydrogen) atoms. The van der Waals surface area contributed by atoms with E-state index in [9.17, 15) is 5.11 Å². The number of aliphatic hydroxyl groups excluding tert-OH is 1. The van der Waals surface area contributed by atoms with Crippen molar-refractivity contribution >= 4 is 35.2 Å². The van der Waals surface area contributed by atoms with Crippen molar-refractivity contribution in [2.75, 3.05) is 13.6 Å². The van der Waals surface area contributed by atoms with Gasteiger partial charge in [-0.25, -0.2) is 0 Å². The number of likely N-dealkylation sites (N-methyl/N-ethyl adjacent to an activating group) is 1. The van der Waals surface area contributed by atoms with E-state index in [2.05, 4.69) is 54.1 Å². The molecule has 0 heterocycles. The number of nitrogens with two attached hydrogens (primary N) is 1. The van der Waals surface area contributed by atoms with Gasteiger partial charge in [0, 0.05) is 17.8 Å². The Labute approximate surface area is 112 Å². The third kappa shape index (κ3) is 6.31. The molecule has 0 saturated heterocycles. The van der Waals surface area contributed by atoms with Crippen LogP contribution in [-0.2, 0) is 0 Å². The first-order valence-electron chi connectivity index (χ1n) is 5.36. The van der Waals surface area contributed by atoms with E-state index in [4.69, 9.17) is 5.73 Å². The minimum absolute atomic E-state index is 0.0499. The van der Waals surface area contributed by atoms with Crippen molar-refractivity contribution in [3.8, 4) is 0 Å². The van der Waals surface area contributed by atoms with E-state index >= 15 is 0 Å². The van der Waals surface area contributed by atoms with Crippen molar-refractivity contribution in [2.45, 2.75) is 48.1 Å². The van der Waals surface area contributed by atoms with Crippen LogP contribution < -0.4 is 5.73 Å². The van der Waals surface area contributed by atoms with Gasteiger partial charge in [-0.15, -0.1) is 0 Å². The average Bonchev–Trinajstić information content (AvgIpc) is 2.22. The standard InChI is InChI=1S/C10H23IN2OS/c1-4-8(12)10(11)13(3)6-5-9(15)7(2)14/h7-10,14-15H,4-6,12H2,1-3H3. The molecule has 0 saturated carbocycles. The Morgan fingerprint density at radius 3 is 2.47 bits per heavy atom. The van der Waals surface area contributed by atoms with Crippen LogP contribution in [0.3, 0.4) is 0 Å². The predicted molar refractivity (Wildman–Crippen MR) is 77.8 cm³/mol. The summed E-state index contributed by atoms with van der Waals surface area (Å²) in [6.07, 6.45) is 1.51. The number of nitrogens with zero attached hydrogens (tertiary/aromatic N) is 1. The molecular weight excluding hydrogens is 323 g/mol. The summed E-state index contributed by atoms with van der Waals surface area (Å²) in [7, 11) is 2.06. The third-order valence-electron chi connectivity index (χ3n) is 2.58. The first-order valence-corrected chi connectivity index (χ1v) is 7.12. The Morgan fingerprint density at radius 2 is 2.07 bits per heavy atom. The molecule has 5 heteroatoms. The topological polar surface area (TPSA) is 49.5 Å². The predicted octanol–water partition coefficient (Wildman–Crippen LogP) is 1.49. The number of hydrogen-bond acceptors (Lipinski definition) is 4. The minimum Gasteiger partial charge on any atom is -0.392 e. The average molecular weight is 346 g/mol. The molecule has 92 valence electrons. The number of aliphatic hydroxyl groups is 1. The van der Waals surface area contributed by atoms with Crippen LogP contribution in [-0.4, -0.2) is 45.0 Å². The van der Waals surface area contributed by atoms with Crippen molar-refractivity contribution in [1.82, 2.24) is 4.90 Å². The molecule has 3 N–H and O–H groups in total. The second kappa shape index (κ2) is 8.11. The van der Waals surface area contributed by atoms with Crippen molar-refractivity contribution in [1.29, 1.82) is 0 Å². The molecule has 3 nitrogen and oxygen atoms in total. The summed E-state index contributed by atoms with van der Waals surface area (Å²) < 4.78 is 0.349. The van der Waals surface area contributed by atoms with Gasteiger partial charge in [-0.3, -0.25) is 4.90 Å². The maximum atomic E-state index is 9.31. The van der Waals surface area contributed by atoms with Gasteiger partial charge < -0.3 is 10.8 Å². The van der Waals surface area contributed by atoms with Gasteiger partial charge in [-0.1, -0.05) is 29.5 Å². The molecule has 0 aliphatic heterocycles. The van der Waals surface area contributed by atoms with E-state index in [0.717, 1.165) is 19.4 Å². The molecule has 0 aromatic heterocycles. The van der Waals surface area contributed by atoms with Crippen molar-refractivity contribution in [3.63, 3.8) is 0 Å². The highest BCUT2D eigenvalue weighted by atomic mass is 127. The maximum Gasteiger partial charge on any atom is 0.0769 e. The fraction of sp³-hybridized carbons (Fsp3) is 1.00. The van der Waals surface area contributed by atoms with E-state index in [1.165, 1.54) is 0 Å². The molecule has 0 aliphatic carbocycles. The normalized spacial score (nSPS) is 20.0. The summed E-state index contributed by atoms with van der Waals surface area (Å²) in [5, 5.41) is 9.36. The molecule has 0 aromatic rings. The van der Waals surface area contributed by atoms with Gasteiger partial charge in [-0.2, -0.15) is 12.6 Å². The zero-order chi connectivity index (χ0) is 12.0. The lowest BCUT2D eigenvalue weighted by atomic mass is 10.2. The highest BCUT2D eigenvalue weighted by Crippen LogP contribution is 2.14. The van der Waals surface area contributed by atoms with Crippen LogP contribution in [0.4, 0.5) is 0 Å². The lowest BCUT2D eigenvalue weighted by Gasteiger charge is -2.28. The number of alkyl halides is 1. The molecule has 0 aliphatic rings. The third-order valence-corrected chi connectivity index (χ3v) is 5.14. The van der Waals surface area contributed by atoms with E-state index in [0.29, 0.717) is 4.05 Å². The van der Waals surface area contributed by atoms with E-state index in [1.54, 1.807) is 6.92 Å². The summed E-state index contributed by atoms with van der Waals surface area (Å²) in [5.41, 5.74) is 5.97. The van der Waals surface area contributed by atoms with Gasteiger partial charge in [0.25, 0.3) is 0 Å². The summed E-state index contributed by atoms with van der Waals surface area (Å²) in [5.74, 6) is 0. The molecule has 0 fully saturated rings. The second-order valence-corrected chi connectivity index (χ2v) is 5.96. The van der Waals surface area contributed by atoms with Crippen molar-refractivity contribution in [2.24, 2.45) is 5.73 Å². The number of rotatable bonds is 7. The summed E-state index contributed by atoms with van der Waals surface area (Å²) in [6, 6.07) is 0.209. The number of hydrogen-bond donors (Lipinski definition) is 3. The van der Waals surface area contributed by atoms with E-state index < -0.39 is 0 Å². The number of thiol groups is 1. The highest BCUT2D eigenvalue weighted by Gasteiger charge is 2.19. The second-order valence-electron chi connectivity index (χ2n) is 4.02. The molecule has 0 aromatic carbocycles. The van der Waals surface area contributed by atoms with Crippen LogP contribution in [0, 0.1) is 0 Å². The summed E-state index contributed by atoms with van der Waals surface area (Å²) >= 11 is 6.70. The number of halogens is 1. The molecular formula is C10H23IN2OS. The first-order chi connectivity index (χ1) is 6.90. The lowest BCUT2D eigenvalue weighted by molar-refractivity contribution is 0.179. The lowest BCUT2D eigenvalue weighted by Crippen LogP contribution is -2.42. The monoisotopic (exact) mass is 346 g/mol. The van der Waals surface area contributed by atoms with Gasteiger partial charge in [-0.05, 0) is 26.8 Å². The maximum absolute atomic E-state index is 9.31. The fourth-order valence-corrected chi connectivity index (χ4v) is 2.12. The van der Waals surface area contributed by atoms with Crippen molar-refractivity contribution in [3.05, 3.63) is 0 Å². The Morgan fingerprint density at radius 1 is 1.53 bits per heavy atom. The van der Waals surface area contributed by atoms with Gasteiger partial charge in [0.1, 0.15) is 0 Å². The Hall–Kier alpha value is 0.960. The summed E-state index contributed by atoms with van der Waals surface area (Å²) in [6.45, 7) is 4.79. The smallest absolute Gasteiger partial charge is 0.0769 e. The Kier molecular flexibility index (Phi) is 8.63. The fourth-order valence-electron chi connectivity index (χ4n) is 1.22. The Balaban J connectivity index is 3.87. The van der Waals surface area contributed by atoms with Crippen molar-refractivity contribution < 1.29 is 5.11 Å². The van der Waals surface area contributed by atoms with Gasteiger partial charge in [0.05, 0.1) is 10.2 Å². The highest BCUT2D eigenvalue weighted by molar-refractivity contribution is 14.1. The molecule has 0 rings (SSSR count). The molecule has 0 spiro atoms. The molecule has 0 amide bonds. The van der Waals surface area contributed by atoms with Gasteiger partial charge in [0.2, 0.25) is 0 Å². The molecule has 0 radical (unpaired) electrons. The first kappa shape index (κ1) is 16.0. The minimum atomic E-state index is -0.353. The van der Waals surface area contributed by atoms with Crippen LogP contribution in [0.15, 0.2) is 0 Å². The SMILES string of the molecule is CCC(N)C(I)N(C)CCC(S)C(C)O. The zero-order valence-electron chi connectivity index (χ0n) is 9.73. The molecule has 0 bridgehead atoms. The van der Waals surface area contributed by atoms with Crippen LogP contribution in [0.1, 0.15) is 26.7 Å². The quantitative estimate of drug-likeness (QED) is 0.283. The zero-order valence-corrected chi connectivity index (χ0v) is 12.8. The van der Waals surface area contributed by atoms with Crippen LogP contribution >= 0.6 is 35.2 Å².